The van der Waals surface area contributed by atoms with Crippen LogP contribution in [0.4, 0.5) is 19.6 Å². The van der Waals surface area contributed by atoms with E-state index in [0.29, 0.717) is 21.1 Å². The van der Waals surface area contributed by atoms with Gasteiger partial charge in [-0.15, -0.1) is 0 Å². The first-order valence-corrected chi connectivity index (χ1v) is 10.6. The maximum absolute atomic E-state index is 14.3. The number of H-pyrrole nitrogens is 1. The molecule has 0 saturated carbocycles. The van der Waals surface area contributed by atoms with Crippen LogP contribution in [0, 0.1) is 11.6 Å². The number of pyridine rings is 1. The third kappa shape index (κ3) is 3.66. The van der Waals surface area contributed by atoms with Crippen LogP contribution < -0.4 is 10.5 Å². The molecule has 0 aliphatic rings. The van der Waals surface area contributed by atoms with Gasteiger partial charge in [0, 0.05) is 22.2 Å². The fraction of sp³-hybridized carbons (Fsp3) is 0.0435. The zero-order valence-corrected chi connectivity index (χ0v) is 17.5. The number of aromatic nitrogens is 2. The second-order valence-electron chi connectivity index (χ2n) is 6.97. The Hall–Kier alpha value is -3.29. The number of para-hydroxylation sites is 1. The number of rotatable bonds is 4. The highest BCUT2D eigenvalue weighted by Crippen LogP contribution is 2.36. The standard InChI is InChI=1S/C23H14ClF2N3OS/c24-14-4-3-5-15(11-14)29(23-27-18-6-1-2-7-19(18)31-23)12-13-10-20(30)28-22-16(13)8-9-17(25)21(22)26/h1-11H,12H2,(H,28,30). The van der Waals surface area contributed by atoms with Gasteiger partial charge in [0.1, 0.15) is 0 Å². The minimum atomic E-state index is -1.08. The Kier molecular flexibility index (Phi) is 4.92. The topological polar surface area (TPSA) is 49.0 Å². The molecule has 31 heavy (non-hydrogen) atoms. The molecule has 5 aromatic rings. The van der Waals surface area contributed by atoms with Crippen molar-refractivity contribution in [2.75, 3.05) is 4.90 Å². The first-order valence-electron chi connectivity index (χ1n) is 9.38. The van der Waals surface area contributed by atoms with E-state index in [1.165, 1.54) is 23.5 Å². The molecule has 0 aliphatic heterocycles. The molecule has 0 aliphatic carbocycles. The van der Waals surface area contributed by atoms with Crippen molar-refractivity contribution in [3.8, 4) is 0 Å². The summed E-state index contributed by atoms with van der Waals surface area (Å²) in [5.74, 6) is -2.09. The Labute approximate surface area is 184 Å². The number of benzene rings is 3. The van der Waals surface area contributed by atoms with E-state index < -0.39 is 17.2 Å². The first kappa shape index (κ1) is 19.7. The largest absolute Gasteiger partial charge is 0.319 e. The van der Waals surface area contributed by atoms with Crippen molar-refractivity contribution < 1.29 is 8.78 Å². The van der Waals surface area contributed by atoms with Crippen LogP contribution >= 0.6 is 22.9 Å². The van der Waals surface area contributed by atoms with Crippen molar-refractivity contribution in [1.29, 1.82) is 0 Å². The molecular weight excluding hydrogens is 440 g/mol. The Morgan fingerprint density at radius 3 is 2.68 bits per heavy atom. The smallest absolute Gasteiger partial charge is 0.248 e. The van der Waals surface area contributed by atoms with Crippen LogP contribution in [0.5, 0.6) is 0 Å². The molecule has 2 heterocycles. The van der Waals surface area contributed by atoms with E-state index in [1.54, 1.807) is 12.1 Å². The van der Waals surface area contributed by atoms with E-state index >= 15 is 0 Å². The molecule has 2 aromatic heterocycles. The average molecular weight is 454 g/mol. The number of thiazole rings is 1. The van der Waals surface area contributed by atoms with Gasteiger partial charge in [-0.25, -0.2) is 13.8 Å². The van der Waals surface area contributed by atoms with Gasteiger partial charge in [-0.3, -0.25) is 4.79 Å². The fourth-order valence-electron chi connectivity index (χ4n) is 3.53. The normalized spacial score (nSPS) is 11.3. The van der Waals surface area contributed by atoms with E-state index in [9.17, 15) is 13.6 Å². The molecule has 3 aromatic carbocycles. The molecular formula is C23H14ClF2N3OS. The molecule has 154 valence electrons. The van der Waals surface area contributed by atoms with E-state index in [4.69, 9.17) is 16.6 Å². The maximum atomic E-state index is 14.3. The summed E-state index contributed by atoms with van der Waals surface area (Å²) < 4.78 is 29.1. The molecule has 5 rings (SSSR count). The predicted octanol–water partition coefficient (Wildman–Crippen LogP) is 6.41. The van der Waals surface area contributed by atoms with E-state index in [2.05, 4.69) is 4.98 Å². The molecule has 8 heteroatoms. The van der Waals surface area contributed by atoms with Crippen LogP contribution in [0.3, 0.4) is 0 Å². The van der Waals surface area contributed by atoms with Gasteiger partial charge < -0.3 is 9.88 Å². The Morgan fingerprint density at radius 1 is 1.03 bits per heavy atom. The summed E-state index contributed by atoms with van der Waals surface area (Å²) in [5, 5.41) is 1.67. The molecule has 4 nitrogen and oxygen atoms in total. The van der Waals surface area contributed by atoms with Gasteiger partial charge in [0.25, 0.3) is 0 Å². The SMILES string of the molecule is O=c1cc(CN(c2cccc(Cl)c2)c2nc3ccccc3s2)c2ccc(F)c(F)c2[nH]1. The van der Waals surface area contributed by atoms with E-state index in [1.807, 2.05) is 41.3 Å². The lowest BCUT2D eigenvalue weighted by Crippen LogP contribution is -2.19. The summed E-state index contributed by atoms with van der Waals surface area (Å²) in [5.41, 5.74) is 1.48. The lowest BCUT2D eigenvalue weighted by molar-refractivity contribution is 0.515. The highest BCUT2D eigenvalue weighted by atomic mass is 35.5. The number of fused-ring (bicyclic) bond motifs is 2. The summed E-state index contributed by atoms with van der Waals surface area (Å²) in [7, 11) is 0. The monoisotopic (exact) mass is 453 g/mol. The molecule has 0 fully saturated rings. The van der Waals surface area contributed by atoms with Crippen molar-refractivity contribution in [3.05, 3.63) is 99.3 Å². The fourth-order valence-corrected chi connectivity index (χ4v) is 4.70. The van der Waals surface area contributed by atoms with Gasteiger partial charge in [-0.2, -0.15) is 0 Å². The molecule has 0 amide bonds. The zero-order valence-electron chi connectivity index (χ0n) is 15.9. The number of hydrogen-bond acceptors (Lipinski definition) is 4. The Balaban J connectivity index is 1.70. The Morgan fingerprint density at radius 2 is 1.87 bits per heavy atom. The zero-order chi connectivity index (χ0) is 21.5. The minimum Gasteiger partial charge on any atom is -0.319 e. The lowest BCUT2D eigenvalue weighted by Gasteiger charge is -2.23. The third-order valence-electron chi connectivity index (χ3n) is 4.96. The van der Waals surface area contributed by atoms with Gasteiger partial charge >= 0.3 is 0 Å². The van der Waals surface area contributed by atoms with Gasteiger partial charge in [0.15, 0.2) is 16.8 Å². The van der Waals surface area contributed by atoms with Crippen LogP contribution in [-0.4, -0.2) is 9.97 Å². The summed E-state index contributed by atoms with van der Waals surface area (Å²) in [6.07, 6.45) is 0. The molecule has 0 radical (unpaired) electrons. The van der Waals surface area contributed by atoms with Gasteiger partial charge in [0.05, 0.1) is 22.3 Å². The van der Waals surface area contributed by atoms with Crippen molar-refractivity contribution in [2.45, 2.75) is 6.54 Å². The minimum absolute atomic E-state index is 0.155. The highest BCUT2D eigenvalue weighted by Gasteiger charge is 2.19. The molecule has 0 saturated heterocycles. The van der Waals surface area contributed by atoms with Crippen LogP contribution in [0.15, 0.2) is 71.5 Å². The molecule has 0 spiro atoms. The van der Waals surface area contributed by atoms with Crippen LogP contribution in [0.2, 0.25) is 5.02 Å². The van der Waals surface area contributed by atoms with Crippen LogP contribution in [0.25, 0.3) is 21.1 Å². The van der Waals surface area contributed by atoms with Gasteiger partial charge in [-0.1, -0.05) is 41.1 Å². The van der Waals surface area contributed by atoms with Gasteiger partial charge in [0.2, 0.25) is 5.56 Å². The summed E-state index contributed by atoms with van der Waals surface area (Å²) in [6, 6.07) is 18.9. The summed E-state index contributed by atoms with van der Waals surface area (Å²) >= 11 is 7.72. The number of halogens is 3. The number of aromatic amines is 1. The number of hydrogen-bond donors (Lipinski definition) is 1. The third-order valence-corrected chi connectivity index (χ3v) is 6.25. The van der Waals surface area contributed by atoms with Crippen molar-refractivity contribution in [1.82, 2.24) is 9.97 Å². The molecule has 0 unspecified atom stereocenters. The van der Waals surface area contributed by atoms with Gasteiger partial charge in [-0.05, 0) is 48.0 Å². The van der Waals surface area contributed by atoms with Crippen LogP contribution in [-0.2, 0) is 6.54 Å². The lowest BCUT2D eigenvalue weighted by atomic mass is 10.1. The molecule has 0 atom stereocenters. The second kappa shape index (κ2) is 7.76. The number of nitrogens with one attached hydrogen (secondary N) is 1. The first-order chi connectivity index (χ1) is 15.0. The summed E-state index contributed by atoms with van der Waals surface area (Å²) in [4.78, 5) is 21.3. The summed E-state index contributed by atoms with van der Waals surface area (Å²) in [6.45, 7) is 0.214. The average Bonchev–Trinajstić information content (AvgIpc) is 3.18. The number of nitrogens with zero attached hydrogens (tertiary/aromatic N) is 2. The van der Waals surface area contributed by atoms with E-state index in [-0.39, 0.29) is 12.1 Å². The van der Waals surface area contributed by atoms with Crippen molar-refractivity contribution in [3.63, 3.8) is 0 Å². The molecule has 1 N–H and O–H groups in total. The molecule has 0 bridgehead atoms. The van der Waals surface area contributed by atoms with Crippen molar-refractivity contribution in [2.24, 2.45) is 0 Å². The second-order valence-corrected chi connectivity index (χ2v) is 8.42. The van der Waals surface area contributed by atoms with E-state index in [0.717, 1.165) is 22.0 Å². The maximum Gasteiger partial charge on any atom is 0.248 e. The predicted molar refractivity (Wildman–Crippen MR) is 121 cm³/mol. The Bertz CT molecular complexity index is 1460. The number of anilines is 2. The highest BCUT2D eigenvalue weighted by molar-refractivity contribution is 7.22. The van der Waals surface area contributed by atoms with Crippen LogP contribution in [0.1, 0.15) is 5.56 Å². The van der Waals surface area contributed by atoms with Crippen molar-refractivity contribution >= 4 is 54.9 Å². The quantitative estimate of drug-likeness (QED) is 0.342.